The van der Waals surface area contributed by atoms with Crippen LogP contribution in [0.2, 0.25) is 0 Å². The summed E-state index contributed by atoms with van der Waals surface area (Å²) in [7, 11) is 0. The van der Waals surface area contributed by atoms with Gasteiger partial charge >= 0.3 is 0 Å². The van der Waals surface area contributed by atoms with Crippen molar-refractivity contribution in [3.8, 4) is 5.75 Å². The van der Waals surface area contributed by atoms with Gasteiger partial charge in [-0.3, -0.25) is 4.79 Å². The predicted molar refractivity (Wildman–Crippen MR) is 98.8 cm³/mol. The SMILES string of the molecule is O=C(c1cc2ccc(OCc3ccccc3)cc2[nH]1)N1CCCCC1. The van der Waals surface area contributed by atoms with Crippen LogP contribution in [0.1, 0.15) is 35.3 Å². The van der Waals surface area contributed by atoms with Crippen molar-refractivity contribution in [1.82, 2.24) is 9.88 Å². The molecule has 1 amide bonds. The number of ether oxygens (including phenoxy) is 1. The minimum Gasteiger partial charge on any atom is -0.489 e. The normalized spacial score (nSPS) is 14.6. The Bertz CT molecular complexity index is 864. The van der Waals surface area contributed by atoms with E-state index in [0.29, 0.717) is 12.3 Å². The van der Waals surface area contributed by atoms with Crippen molar-refractivity contribution in [3.05, 3.63) is 65.9 Å². The molecule has 1 N–H and O–H groups in total. The van der Waals surface area contributed by atoms with Crippen LogP contribution in [-0.2, 0) is 6.61 Å². The Kier molecular flexibility index (Phi) is 4.42. The summed E-state index contributed by atoms with van der Waals surface area (Å²) < 4.78 is 5.87. The molecule has 25 heavy (non-hydrogen) atoms. The van der Waals surface area contributed by atoms with Crippen molar-refractivity contribution >= 4 is 16.8 Å². The summed E-state index contributed by atoms with van der Waals surface area (Å²) in [4.78, 5) is 17.8. The number of aromatic nitrogens is 1. The van der Waals surface area contributed by atoms with E-state index in [2.05, 4.69) is 4.98 Å². The highest BCUT2D eigenvalue weighted by Gasteiger charge is 2.19. The molecule has 3 aromatic rings. The number of fused-ring (bicyclic) bond motifs is 1. The molecular weight excluding hydrogens is 312 g/mol. The van der Waals surface area contributed by atoms with Crippen LogP contribution in [0.25, 0.3) is 10.9 Å². The first kappa shape index (κ1) is 15.8. The van der Waals surface area contributed by atoms with Crippen LogP contribution in [0.4, 0.5) is 0 Å². The maximum absolute atomic E-state index is 12.6. The van der Waals surface area contributed by atoms with E-state index in [0.717, 1.165) is 48.1 Å². The molecule has 0 bridgehead atoms. The molecule has 128 valence electrons. The number of piperidine rings is 1. The quantitative estimate of drug-likeness (QED) is 0.770. The van der Waals surface area contributed by atoms with Crippen LogP contribution in [0.5, 0.6) is 5.75 Å². The van der Waals surface area contributed by atoms with E-state index < -0.39 is 0 Å². The molecule has 1 aliphatic heterocycles. The van der Waals surface area contributed by atoms with E-state index in [1.165, 1.54) is 6.42 Å². The molecule has 1 fully saturated rings. The second-order valence-corrected chi connectivity index (χ2v) is 6.56. The number of carbonyl (C=O) groups excluding carboxylic acids is 1. The molecule has 0 atom stereocenters. The van der Waals surface area contributed by atoms with Gasteiger partial charge in [-0.15, -0.1) is 0 Å². The highest BCUT2D eigenvalue weighted by atomic mass is 16.5. The van der Waals surface area contributed by atoms with E-state index in [1.807, 2.05) is 59.5 Å². The van der Waals surface area contributed by atoms with Gasteiger partial charge in [0.1, 0.15) is 18.1 Å². The molecule has 4 nitrogen and oxygen atoms in total. The Morgan fingerprint density at radius 1 is 1.00 bits per heavy atom. The van der Waals surface area contributed by atoms with Crippen molar-refractivity contribution < 1.29 is 9.53 Å². The molecule has 0 aliphatic carbocycles. The van der Waals surface area contributed by atoms with Gasteiger partial charge in [0.2, 0.25) is 0 Å². The molecule has 4 heteroatoms. The van der Waals surface area contributed by atoms with Crippen LogP contribution in [-0.4, -0.2) is 28.9 Å². The van der Waals surface area contributed by atoms with Gasteiger partial charge in [0.25, 0.3) is 5.91 Å². The third-order valence-electron chi connectivity index (χ3n) is 4.72. The molecule has 1 saturated heterocycles. The van der Waals surface area contributed by atoms with Crippen LogP contribution >= 0.6 is 0 Å². The lowest BCUT2D eigenvalue weighted by molar-refractivity contribution is 0.0719. The van der Waals surface area contributed by atoms with Crippen molar-refractivity contribution in [2.45, 2.75) is 25.9 Å². The first-order valence-electron chi connectivity index (χ1n) is 8.88. The zero-order valence-electron chi connectivity index (χ0n) is 14.2. The smallest absolute Gasteiger partial charge is 0.270 e. The topological polar surface area (TPSA) is 45.3 Å². The lowest BCUT2D eigenvalue weighted by atomic mass is 10.1. The second kappa shape index (κ2) is 7.01. The van der Waals surface area contributed by atoms with Gasteiger partial charge in [-0.05, 0) is 43.0 Å². The number of nitrogens with one attached hydrogen (secondary N) is 1. The Labute approximate surface area is 147 Å². The summed E-state index contributed by atoms with van der Waals surface area (Å²) in [6.45, 7) is 2.26. The number of amides is 1. The molecule has 2 aromatic carbocycles. The van der Waals surface area contributed by atoms with E-state index >= 15 is 0 Å². The standard InChI is InChI=1S/C21H22N2O2/c24-21(23-11-5-2-6-12-23)20-13-17-9-10-18(14-19(17)22-20)25-15-16-7-3-1-4-8-16/h1,3-4,7-10,13-14,22H,2,5-6,11-12,15H2. The first-order valence-corrected chi connectivity index (χ1v) is 8.88. The second-order valence-electron chi connectivity index (χ2n) is 6.56. The van der Waals surface area contributed by atoms with Crippen LogP contribution in [0.15, 0.2) is 54.6 Å². The summed E-state index contributed by atoms with van der Waals surface area (Å²) in [6.07, 6.45) is 3.42. The summed E-state index contributed by atoms with van der Waals surface area (Å²) in [5.74, 6) is 0.901. The van der Waals surface area contributed by atoms with Gasteiger partial charge in [-0.25, -0.2) is 0 Å². The minimum atomic E-state index is 0.0997. The van der Waals surface area contributed by atoms with E-state index in [4.69, 9.17) is 4.74 Å². The lowest BCUT2D eigenvalue weighted by Crippen LogP contribution is -2.35. The number of nitrogens with zero attached hydrogens (tertiary/aromatic N) is 1. The van der Waals surface area contributed by atoms with E-state index in [-0.39, 0.29) is 5.91 Å². The average Bonchev–Trinajstić information content (AvgIpc) is 3.10. The summed E-state index contributed by atoms with van der Waals surface area (Å²) in [6, 6.07) is 17.9. The Morgan fingerprint density at radius 2 is 1.80 bits per heavy atom. The van der Waals surface area contributed by atoms with Gasteiger partial charge in [-0.2, -0.15) is 0 Å². The van der Waals surface area contributed by atoms with Gasteiger partial charge in [0, 0.05) is 30.1 Å². The molecule has 1 aromatic heterocycles. The highest BCUT2D eigenvalue weighted by Crippen LogP contribution is 2.23. The number of aromatic amines is 1. The Hall–Kier alpha value is -2.75. The number of H-pyrrole nitrogens is 1. The predicted octanol–water partition coefficient (Wildman–Crippen LogP) is 4.37. The molecule has 4 rings (SSSR count). The molecule has 0 saturated carbocycles. The fourth-order valence-corrected chi connectivity index (χ4v) is 3.32. The number of hydrogen-bond donors (Lipinski definition) is 1. The van der Waals surface area contributed by atoms with Gasteiger partial charge < -0.3 is 14.6 Å². The lowest BCUT2D eigenvalue weighted by Gasteiger charge is -2.26. The molecule has 0 spiro atoms. The monoisotopic (exact) mass is 334 g/mol. The maximum Gasteiger partial charge on any atom is 0.270 e. The van der Waals surface area contributed by atoms with Crippen LogP contribution in [0.3, 0.4) is 0 Å². The third kappa shape index (κ3) is 3.53. The van der Waals surface area contributed by atoms with Crippen LogP contribution < -0.4 is 4.74 Å². The number of likely N-dealkylation sites (tertiary alicyclic amines) is 1. The summed E-state index contributed by atoms with van der Waals surface area (Å²) in [5, 5.41) is 1.03. The first-order chi connectivity index (χ1) is 12.3. The molecular formula is C21H22N2O2. The fraction of sp³-hybridized carbons (Fsp3) is 0.286. The number of rotatable bonds is 4. The zero-order valence-corrected chi connectivity index (χ0v) is 14.2. The fourth-order valence-electron chi connectivity index (χ4n) is 3.32. The van der Waals surface area contributed by atoms with Crippen molar-refractivity contribution in [3.63, 3.8) is 0 Å². The molecule has 0 radical (unpaired) electrons. The van der Waals surface area contributed by atoms with E-state index in [9.17, 15) is 4.79 Å². The number of benzene rings is 2. The van der Waals surface area contributed by atoms with Gasteiger partial charge in [-0.1, -0.05) is 30.3 Å². The maximum atomic E-state index is 12.6. The minimum absolute atomic E-state index is 0.0997. The largest absolute Gasteiger partial charge is 0.489 e. The van der Waals surface area contributed by atoms with Crippen molar-refractivity contribution in [2.75, 3.05) is 13.1 Å². The third-order valence-corrected chi connectivity index (χ3v) is 4.72. The summed E-state index contributed by atoms with van der Waals surface area (Å²) >= 11 is 0. The Morgan fingerprint density at radius 3 is 2.60 bits per heavy atom. The molecule has 2 heterocycles. The number of carbonyl (C=O) groups is 1. The number of hydrogen-bond acceptors (Lipinski definition) is 2. The van der Waals surface area contributed by atoms with E-state index in [1.54, 1.807) is 0 Å². The van der Waals surface area contributed by atoms with Gasteiger partial charge in [0.05, 0.1) is 0 Å². The zero-order chi connectivity index (χ0) is 17.1. The van der Waals surface area contributed by atoms with Crippen LogP contribution in [0, 0.1) is 0 Å². The summed E-state index contributed by atoms with van der Waals surface area (Å²) in [5.41, 5.74) is 2.73. The van der Waals surface area contributed by atoms with Crippen molar-refractivity contribution in [1.29, 1.82) is 0 Å². The molecule has 1 aliphatic rings. The average molecular weight is 334 g/mol. The molecule has 0 unspecified atom stereocenters. The van der Waals surface area contributed by atoms with Gasteiger partial charge in [0.15, 0.2) is 0 Å². The Balaban J connectivity index is 1.50. The highest BCUT2D eigenvalue weighted by molar-refractivity contribution is 5.98. The van der Waals surface area contributed by atoms with Crippen molar-refractivity contribution in [2.24, 2.45) is 0 Å².